The Morgan fingerprint density at radius 3 is 1.23 bits per heavy atom. The minimum Gasteiger partial charge on any atom is -0.394 e. The van der Waals surface area contributed by atoms with Crippen LogP contribution in [0.15, 0.2) is 0 Å². The summed E-state index contributed by atoms with van der Waals surface area (Å²) in [6, 6.07) is 0. The fourth-order valence-corrected chi connectivity index (χ4v) is 2.82. The fourth-order valence-electron chi connectivity index (χ4n) is 2.82. The number of aliphatic hydroxyl groups excluding tert-OH is 2. The number of hydrogen-bond acceptors (Lipinski definition) is 10. The van der Waals surface area contributed by atoms with Crippen LogP contribution in [0.1, 0.15) is 0 Å². The number of nitrogens with zero attached hydrogens (tertiary/aromatic N) is 2. The third-order valence-electron chi connectivity index (χ3n) is 4.53. The van der Waals surface area contributed by atoms with Crippen LogP contribution in [0.2, 0.25) is 0 Å². The van der Waals surface area contributed by atoms with Gasteiger partial charge in [0.2, 0.25) is 0 Å². The van der Waals surface area contributed by atoms with Gasteiger partial charge in [-0.25, -0.2) is 0 Å². The van der Waals surface area contributed by atoms with Crippen LogP contribution in [-0.2, 0) is 28.4 Å². The SMILES string of the molecule is OCCOCCN1CCOCCOCCOCCOCCN(CCOCCO)CC1. The quantitative estimate of drug-likeness (QED) is 0.400. The van der Waals surface area contributed by atoms with Gasteiger partial charge in [-0.05, 0) is 0 Å². The third-order valence-corrected chi connectivity index (χ3v) is 4.53. The highest BCUT2D eigenvalue weighted by atomic mass is 16.6. The topological polar surface area (TPSA) is 102 Å². The largest absolute Gasteiger partial charge is 0.394 e. The van der Waals surface area contributed by atoms with E-state index in [1.54, 1.807) is 0 Å². The lowest BCUT2D eigenvalue weighted by atomic mass is 10.4. The first-order chi connectivity index (χ1) is 14.9. The van der Waals surface area contributed by atoms with Gasteiger partial charge < -0.3 is 38.6 Å². The molecule has 1 heterocycles. The molecule has 0 spiro atoms. The highest BCUT2D eigenvalue weighted by Gasteiger charge is 2.10. The van der Waals surface area contributed by atoms with E-state index in [-0.39, 0.29) is 13.2 Å². The lowest BCUT2D eigenvalue weighted by Gasteiger charge is -2.27. The van der Waals surface area contributed by atoms with E-state index in [4.69, 9.17) is 38.6 Å². The first-order valence-electron chi connectivity index (χ1n) is 11.0. The molecule has 0 aromatic rings. The van der Waals surface area contributed by atoms with Gasteiger partial charge in [0, 0.05) is 39.3 Å². The van der Waals surface area contributed by atoms with Crippen molar-refractivity contribution < 1.29 is 38.6 Å². The predicted molar refractivity (Wildman–Crippen MR) is 112 cm³/mol. The molecule has 0 bridgehead atoms. The van der Waals surface area contributed by atoms with E-state index in [2.05, 4.69) is 9.80 Å². The Morgan fingerprint density at radius 1 is 0.500 bits per heavy atom. The Kier molecular flexibility index (Phi) is 20.1. The molecule has 1 aliphatic heterocycles. The summed E-state index contributed by atoms with van der Waals surface area (Å²) in [5, 5.41) is 17.7. The zero-order chi connectivity index (χ0) is 21.5. The average molecular weight is 439 g/mol. The van der Waals surface area contributed by atoms with Crippen LogP contribution in [-0.4, -0.2) is 152 Å². The molecule has 0 aliphatic carbocycles. The van der Waals surface area contributed by atoms with Crippen molar-refractivity contribution >= 4 is 0 Å². The van der Waals surface area contributed by atoms with Gasteiger partial charge in [-0.3, -0.25) is 9.80 Å². The molecular formula is C20H42N2O8. The van der Waals surface area contributed by atoms with Gasteiger partial charge in [-0.1, -0.05) is 0 Å². The van der Waals surface area contributed by atoms with E-state index < -0.39 is 0 Å². The maximum absolute atomic E-state index is 8.87. The molecule has 0 aromatic carbocycles. The number of rotatable bonds is 10. The van der Waals surface area contributed by atoms with Crippen LogP contribution in [0, 0.1) is 0 Å². The second kappa shape index (κ2) is 21.8. The molecule has 0 unspecified atom stereocenters. The zero-order valence-corrected chi connectivity index (χ0v) is 18.4. The van der Waals surface area contributed by atoms with Gasteiger partial charge in [0.05, 0.1) is 92.5 Å². The molecule has 0 amide bonds. The molecule has 10 heteroatoms. The van der Waals surface area contributed by atoms with Crippen molar-refractivity contribution in [2.24, 2.45) is 0 Å². The van der Waals surface area contributed by atoms with Crippen molar-refractivity contribution in [1.82, 2.24) is 9.80 Å². The average Bonchev–Trinajstić information content (AvgIpc) is 2.76. The molecular weight excluding hydrogens is 396 g/mol. The number of aliphatic hydroxyl groups is 2. The van der Waals surface area contributed by atoms with Gasteiger partial charge in [0.25, 0.3) is 0 Å². The summed E-state index contributed by atoms with van der Waals surface area (Å²) in [7, 11) is 0. The van der Waals surface area contributed by atoms with E-state index in [0.29, 0.717) is 79.3 Å². The molecule has 1 fully saturated rings. The molecule has 0 atom stereocenters. The Morgan fingerprint density at radius 2 is 0.867 bits per heavy atom. The summed E-state index contributed by atoms with van der Waals surface area (Å²) in [5.74, 6) is 0. The molecule has 10 nitrogen and oxygen atoms in total. The van der Waals surface area contributed by atoms with Gasteiger partial charge in [-0.2, -0.15) is 0 Å². The molecule has 1 saturated heterocycles. The lowest BCUT2D eigenvalue weighted by molar-refractivity contribution is -0.0110. The van der Waals surface area contributed by atoms with Crippen molar-refractivity contribution in [2.75, 3.05) is 132 Å². The summed E-state index contributed by atoms with van der Waals surface area (Å²) in [6.07, 6.45) is 0. The van der Waals surface area contributed by atoms with Crippen LogP contribution in [0.3, 0.4) is 0 Å². The standard InChI is InChI=1S/C20H42N2O8/c23-7-13-25-9-3-21-1-2-22(4-10-26-14-8-24)6-12-28-16-18-30-20-19-29-17-15-27-11-5-21/h23-24H,1-20H2. The Balaban J connectivity index is 2.48. The first-order valence-corrected chi connectivity index (χ1v) is 11.0. The van der Waals surface area contributed by atoms with Crippen LogP contribution in [0.25, 0.3) is 0 Å². The first kappa shape index (κ1) is 27.6. The van der Waals surface area contributed by atoms with Crippen molar-refractivity contribution in [1.29, 1.82) is 0 Å². The maximum atomic E-state index is 8.87. The molecule has 2 N–H and O–H groups in total. The highest BCUT2D eigenvalue weighted by Crippen LogP contribution is 1.96. The normalized spacial score (nSPS) is 20.6. The van der Waals surface area contributed by atoms with Gasteiger partial charge >= 0.3 is 0 Å². The monoisotopic (exact) mass is 438 g/mol. The van der Waals surface area contributed by atoms with E-state index >= 15 is 0 Å². The van der Waals surface area contributed by atoms with E-state index in [1.807, 2.05) is 0 Å². The van der Waals surface area contributed by atoms with Crippen LogP contribution in [0.5, 0.6) is 0 Å². The highest BCUT2D eigenvalue weighted by molar-refractivity contribution is 4.64. The van der Waals surface area contributed by atoms with Crippen molar-refractivity contribution in [3.05, 3.63) is 0 Å². The summed E-state index contributed by atoms with van der Waals surface area (Å²) < 4.78 is 33.2. The van der Waals surface area contributed by atoms with E-state index in [9.17, 15) is 0 Å². The summed E-state index contributed by atoms with van der Waals surface area (Å²) in [6.45, 7) is 11.4. The molecule has 30 heavy (non-hydrogen) atoms. The second-order valence-corrected chi connectivity index (χ2v) is 6.80. The molecule has 1 aliphatic rings. The fraction of sp³-hybridized carbons (Fsp3) is 1.00. The van der Waals surface area contributed by atoms with Gasteiger partial charge in [-0.15, -0.1) is 0 Å². The summed E-state index contributed by atoms with van der Waals surface area (Å²) >= 11 is 0. The summed E-state index contributed by atoms with van der Waals surface area (Å²) in [4.78, 5) is 4.61. The summed E-state index contributed by atoms with van der Waals surface area (Å²) in [5.41, 5.74) is 0. The van der Waals surface area contributed by atoms with Gasteiger partial charge in [0.1, 0.15) is 0 Å². The predicted octanol–water partition coefficient (Wildman–Crippen LogP) is -1.31. The Bertz CT molecular complexity index is 323. The third kappa shape index (κ3) is 17.3. The maximum Gasteiger partial charge on any atom is 0.0701 e. The number of hydrogen-bond donors (Lipinski definition) is 2. The van der Waals surface area contributed by atoms with Crippen molar-refractivity contribution in [2.45, 2.75) is 0 Å². The van der Waals surface area contributed by atoms with Crippen LogP contribution < -0.4 is 0 Å². The molecule has 0 saturated carbocycles. The molecule has 180 valence electrons. The Hall–Kier alpha value is -0.400. The minimum absolute atomic E-state index is 0.0375. The lowest BCUT2D eigenvalue weighted by Crippen LogP contribution is -2.41. The van der Waals surface area contributed by atoms with Crippen LogP contribution >= 0.6 is 0 Å². The zero-order valence-electron chi connectivity index (χ0n) is 18.4. The molecule has 0 aromatic heterocycles. The van der Waals surface area contributed by atoms with Gasteiger partial charge in [0.15, 0.2) is 0 Å². The van der Waals surface area contributed by atoms with Crippen molar-refractivity contribution in [3.63, 3.8) is 0 Å². The van der Waals surface area contributed by atoms with Crippen molar-refractivity contribution in [3.8, 4) is 0 Å². The van der Waals surface area contributed by atoms with Crippen LogP contribution in [0.4, 0.5) is 0 Å². The Labute approximate surface area is 180 Å². The molecule has 0 radical (unpaired) electrons. The minimum atomic E-state index is 0.0375. The van der Waals surface area contributed by atoms with E-state index in [1.165, 1.54) is 0 Å². The smallest absolute Gasteiger partial charge is 0.0701 e. The number of ether oxygens (including phenoxy) is 6. The second-order valence-electron chi connectivity index (χ2n) is 6.80. The molecule has 1 rings (SSSR count). The van der Waals surface area contributed by atoms with E-state index in [0.717, 1.165) is 39.3 Å².